The van der Waals surface area contributed by atoms with E-state index in [0.29, 0.717) is 60.8 Å². The van der Waals surface area contributed by atoms with Crippen LogP contribution in [0.4, 0.5) is 11.4 Å². The summed E-state index contributed by atoms with van der Waals surface area (Å²) in [5, 5.41) is 18.6. The summed E-state index contributed by atoms with van der Waals surface area (Å²) in [4.78, 5) is 45.6. The van der Waals surface area contributed by atoms with Crippen LogP contribution >= 0.6 is 0 Å². The molecule has 3 aromatic carbocycles. The van der Waals surface area contributed by atoms with Crippen LogP contribution in [-0.4, -0.2) is 52.8 Å². The number of carbonyl (C=O) groups is 3. The van der Waals surface area contributed by atoms with Crippen LogP contribution in [0.15, 0.2) is 72.8 Å². The average molecular weight is 619 g/mol. The Hall–Kier alpha value is -5.01. The fourth-order valence-electron chi connectivity index (χ4n) is 6.38. The zero-order valence-electron chi connectivity index (χ0n) is 26.3. The lowest BCUT2D eigenvalue weighted by atomic mass is 9.96. The third-order valence-corrected chi connectivity index (χ3v) is 9.24. The smallest absolute Gasteiger partial charge is 0.252 e. The van der Waals surface area contributed by atoms with Crippen molar-refractivity contribution in [2.45, 2.75) is 58.7 Å². The molecule has 1 N–H and O–H groups in total. The van der Waals surface area contributed by atoms with Gasteiger partial charge in [-0.25, -0.2) is 4.68 Å². The third kappa shape index (κ3) is 5.63. The zero-order chi connectivity index (χ0) is 32.4. The van der Waals surface area contributed by atoms with Crippen molar-refractivity contribution in [1.82, 2.24) is 15.1 Å². The first-order valence-electron chi connectivity index (χ1n) is 15.9. The molecule has 1 saturated heterocycles. The summed E-state index contributed by atoms with van der Waals surface area (Å²) in [5.74, 6) is -1.20. The normalized spacial score (nSPS) is 19.3. The fourth-order valence-corrected chi connectivity index (χ4v) is 6.38. The van der Waals surface area contributed by atoms with Gasteiger partial charge >= 0.3 is 0 Å². The molecule has 2 aliphatic rings. The van der Waals surface area contributed by atoms with E-state index in [1.165, 1.54) is 0 Å². The number of nitriles is 1. The first-order valence-corrected chi connectivity index (χ1v) is 15.9. The van der Waals surface area contributed by atoms with Crippen LogP contribution in [0.5, 0.6) is 0 Å². The van der Waals surface area contributed by atoms with E-state index in [4.69, 9.17) is 9.84 Å². The largest absolute Gasteiger partial charge is 0.381 e. The number of carbonyl (C=O) groups excluding carboxylic acids is 3. The number of nitrogens with one attached hydrogen (secondary N) is 1. The number of hydrogen-bond acceptors (Lipinski definition) is 6. The Balaban J connectivity index is 1.48. The zero-order valence-corrected chi connectivity index (χ0v) is 26.3. The van der Waals surface area contributed by atoms with Crippen LogP contribution < -0.4 is 15.1 Å². The second-order valence-corrected chi connectivity index (χ2v) is 12.0. The van der Waals surface area contributed by atoms with E-state index >= 15 is 0 Å². The first kappa shape index (κ1) is 31.0. The Morgan fingerprint density at radius 2 is 1.65 bits per heavy atom. The molecule has 0 saturated carbocycles. The highest BCUT2D eigenvalue weighted by molar-refractivity contribution is 6.09. The highest BCUT2D eigenvalue weighted by atomic mass is 16.5. The topological polar surface area (TPSA) is 121 Å². The van der Waals surface area contributed by atoms with Crippen molar-refractivity contribution in [3.05, 3.63) is 84.1 Å². The van der Waals surface area contributed by atoms with Crippen LogP contribution in [0.25, 0.3) is 16.6 Å². The Labute approximate surface area is 268 Å². The molecule has 1 aromatic heterocycles. The molecular weight excluding hydrogens is 580 g/mol. The molecule has 10 heteroatoms. The van der Waals surface area contributed by atoms with Crippen molar-refractivity contribution in [2.75, 3.05) is 23.0 Å². The highest BCUT2D eigenvalue weighted by Crippen LogP contribution is 2.38. The second-order valence-electron chi connectivity index (χ2n) is 12.0. The van der Waals surface area contributed by atoms with E-state index in [0.717, 1.165) is 10.9 Å². The number of para-hydroxylation sites is 4. The summed E-state index contributed by atoms with van der Waals surface area (Å²) in [6.07, 6.45) is 1.81. The summed E-state index contributed by atoms with van der Waals surface area (Å²) in [7, 11) is 0. The first-order chi connectivity index (χ1) is 22.3. The van der Waals surface area contributed by atoms with Gasteiger partial charge in [0.1, 0.15) is 12.1 Å². The summed E-state index contributed by atoms with van der Waals surface area (Å²) >= 11 is 0. The number of anilines is 2. The number of hydrogen-bond donors (Lipinski definition) is 1. The number of aromatic nitrogens is 2. The van der Waals surface area contributed by atoms with Crippen LogP contribution in [0.1, 0.15) is 51.3 Å². The lowest BCUT2D eigenvalue weighted by Crippen LogP contribution is -2.59. The van der Waals surface area contributed by atoms with Crippen LogP contribution in [0, 0.1) is 23.2 Å². The Kier molecular flexibility index (Phi) is 8.86. The number of amides is 3. The maximum atomic E-state index is 14.7. The number of fused-ring (bicyclic) bond motifs is 2. The molecular formula is C36H38N6O4. The molecule has 0 bridgehead atoms. The summed E-state index contributed by atoms with van der Waals surface area (Å²) in [5.41, 5.74) is 3.70. The second kappa shape index (κ2) is 13.2. The van der Waals surface area contributed by atoms with Crippen molar-refractivity contribution < 1.29 is 19.1 Å². The van der Waals surface area contributed by atoms with Gasteiger partial charge in [0.2, 0.25) is 11.8 Å². The monoisotopic (exact) mass is 618 g/mol. The van der Waals surface area contributed by atoms with Crippen molar-refractivity contribution in [2.24, 2.45) is 11.8 Å². The predicted molar refractivity (Wildman–Crippen MR) is 175 cm³/mol. The number of nitrogens with zero attached hydrogens (tertiary/aromatic N) is 5. The average Bonchev–Trinajstić information content (AvgIpc) is 3.43. The number of benzene rings is 3. The van der Waals surface area contributed by atoms with Crippen molar-refractivity contribution >= 4 is 40.0 Å². The molecule has 46 heavy (non-hydrogen) atoms. The van der Waals surface area contributed by atoms with Gasteiger partial charge in [0.15, 0.2) is 0 Å². The van der Waals surface area contributed by atoms with Crippen molar-refractivity contribution in [3.63, 3.8) is 0 Å². The molecule has 0 unspecified atom stereocenters. The molecule has 0 radical (unpaired) electrons. The minimum absolute atomic E-state index is 0.0801. The van der Waals surface area contributed by atoms with E-state index in [9.17, 15) is 19.6 Å². The standard InChI is InChI=1S/C36H38N6O4/c1-4-23(2)34(43)38-33-24(3)41(35(44)25-17-19-46-20-18-25)32-16-10-9-15-31(32)40(36(33)45)22-28-27-12-6-8-14-30(27)42(39-28)29-13-7-5-11-26(29)21-37/h5-16,23-25,33H,4,17-20,22H2,1-3H3,(H,38,43)/t23-,24+,33+/m1/s1. The maximum absolute atomic E-state index is 14.7. The van der Waals surface area contributed by atoms with Crippen molar-refractivity contribution in [1.29, 1.82) is 5.26 Å². The SMILES string of the molecule is CC[C@@H](C)C(=O)N[C@@H]1C(=O)N(Cc2nn(-c3ccccc3C#N)c3ccccc23)c2ccccc2N(C(=O)C2CCOCC2)[C@H]1C. The molecule has 4 aromatic rings. The molecule has 10 nitrogen and oxygen atoms in total. The van der Waals surface area contributed by atoms with Crippen LogP contribution in [0.2, 0.25) is 0 Å². The van der Waals surface area contributed by atoms with Crippen LogP contribution in [-0.2, 0) is 25.7 Å². The summed E-state index contributed by atoms with van der Waals surface area (Å²) in [6, 6.07) is 23.0. The fraction of sp³-hybridized carbons (Fsp3) is 0.361. The minimum Gasteiger partial charge on any atom is -0.381 e. The summed E-state index contributed by atoms with van der Waals surface area (Å²) < 4.78 is 7.28. The molecule has 236 valence electrons. The van der Waals surface area contributed by atoms with Gasteiger partial charge in [-0.2, -0.15) is 10.4 Å². The molecule has 3 heterocycles. The van der Waals surface area contributed by atoms with E-state index < -0.39 is 12.1 Å². The highest BCUT2D eigenvalue weighted by Gasteiger charge is 2.44. The van der Waals surface area contributed by atoms with E-state index in [1.807, 2.05) is 87.5 Å². The van der Waals surface area contributed by atoms with Gasteiger partial charge in [-0.1, -0.05) is 56.3 Å². The van der Waals surface area contributed by atoms with E-state index in [1.54, 1.807) is 20.5 Å². The lowest BCUT2D eigenvalue weighted by molar-refractivity contribution is -0.131. The molecule has 3 atom stereocenters. The summed E-state index contributed by atoms with van der Waals surface area (Å²) in [6.45, 7) is 6.68. The van der Waals surface area contributed by atoms with Gasteiger partial charge in [-0.3, -0.25) is 14.4 Å². The minimum atomic E-state index is -0.995. The van der Waals surface area contributed by atoms with Gasteiger partial charge in [-0.05, 0) is 56.5 Å². The quantitative estimate of drug-likeness (QED) is 0.307. The lowest BCUT2D eigenvalue weighted by Gasteiger charge is -2.35. The Morgan fingerprint density at radius 1 is 1.00 bits per heavy atom. The number of ether oxygens (including phenoxy) is 1. The van der Waals surface area contributed by atoms with E-state index in [2.05, 4.69) is 11.4 Å². The van der Waals surface area contributed by atoms with Gasteiger partial charge < -0.3 is 19.9 Å². The van der Waals surface area contributed by atoms with Gasteiger partial charge in [-0.15, -0.1) is 0 Å². The van der Waals surface area contributed by atoms with Crippen LogP contribution in [0.3, 0.4) is 0 Å². The molecule has 0 spiro atoms. The Morgan fingerprint density at radius 3 is 2.37 bits per heavy atom. The third-order valence-electron chi connectivity index (χ3n) is 9.24. The molecule has 6 rings (SSSR count). The predicted octanol–water partition coefficient (Wildman–Crippen LogP) is 5.12. The maximum Gasteiger partial charge on any atom is 0.252 e. The molecule has 2 aliphatic heterocycles. The van der Waals surface area contributed by atoms with E-state index in [-0.39, 0.29) is 36.1 Å². The van der Waals surface area contributed by atoms with Gasteiger partial charge in [0.25, 0.3) is 5.91 Å². The Bertz CT molecular complexity index is 1820. The van der Waals surface area contributed by atoms with Gasteiger partial charge in [0.05, 0.1) is 46.4 Å². The van der Waals surface area contributed by atoms with Crippen molar-refractivity contribution in [3.8, 4) is 11.8 Å². The molecule has 1 fully saturated rings. The van der Waals surface area contributed by atoms with Gasteiger partial charge in [0, 0.05) is 30.4 Å². The molecule has 3 amide bonds. The number of rotatable bonds is 7. The molecule has 0 aliphatic carbocycles.